The Labute approximate surface area is 62.9 Å². The summed E-state index contributed by atoms with van der Waals surface area (Å²) in [6.45, 7) is 0. The van der Waals surface area contributed by atoms with Crippen molar-refractivity contribution < 1.29 is 0 Å². The number of hydrogen-bond acceptors (Lipinski definition) is 3. The van der Waals surface area contributed by atoms with E-state index in [1.165, 1.54) is 0 Å². The van der Waals surface area contributed by atoms with Crippen LogP contribution < -0.4 is 5.32 Å². The highest BCUT2D eigenvalue weighted by atomic mass is 35.5. The van der Waals surface area contributed by atoms with Crippen molar-refractivity contribution in [1.82, 2.24) is 4.98 Å². The van der Waals surface area contributed by atoms with Gasteiger partial charge in [-0.05, 0) is 0 Å². The van der Waals surface area contributed by atoms with E-state index >= 15 is 0 Å². The molecule has 0 aromatic carbocycles. The van der Waals surface area contributed by atoms with Gasteiger partial charge in [0.15, 0.2) is 5.13 Å². The van der Waals surface area contributed by atoms with Gasteiger partial charge >= 0.3 is 0 Å². The van der Waals surface area contributed by atoms with Gasteiger partial charge in [-0.2, -0.15) is 0 Å². The van der Waals surface area contributed by atoms with Crippen LogP contribution in [-0.2, 0) is 5.88 Å². The second-order valence-electron chi connectivity index (χ2n) is 1.53. The molecule has 0 radical (unpaired) electrons. The largest absolute Gasteiger partial charge is 0.365 e. The molecule has 9 heavy (non-hydrogen) atoms. The maximum atomic E-state index is 5.51. The zero-order chi connectivity index (χ0) is 6.69. The lowest BCUT2D eigenvalue weighted by molar-refractivity contribution is 1.22. The van der Waals surface area contributed by atoms with Crippen LogP contribution in [-0.4, -0.2) is 12.0 Å². The number of alkyl halides is 1. The summed E-state index contributed by atoms with van der Waals surface area (Å²) in [5.74, 6) is 0.498. The number of nitrogens with one attached hydrogen (secondary N) is 1. The number of halogens is 1. The maximum Gasteiger partial charge on any atom is 0.182 e. The highest BCUT2D eigenvalue weighted by molar-refractivity contribution is 7.13. The molecule has 1 heterocycles. The molecule has 50 valence electrons. The third-order valence-corrected chi connectivity index (χ3v) is 2.08. The second-order valence-corrected chi connectivity index (χ2v) is 2.65. The van der Waals surface area contributed by atoms with E-state index in [0.29, 0.717) is 5.88 Å². The highest BCUT2D eigenvalue weighted by Crippen LogP contribution is 2.15. The Bertz CT molecular complexity index is 168. The first-order valence-electron chi connectivity index (χ1n) is 2.55. The number of aromatic nitrogens is 1. The molecule has 0 aliphatic carbocycles. The summed E-state index contributed by atoms with van der Waals surface area (Å²) >= 11 is 7.08. The molecule has 0 bridgehead atoms. The molecule has 4 heteroatoms. The number of anilines is 1. The summed E-state index contributed by atoms with van der Waals surface area (Å²) in [7, 11) is 1.84. The molecular formula is C5H7ClN2S. The lowest BCUT2D eigenvalue weighted by atomic mass is 10.6. The fourth-order valence-electron chi connectivity index (χ4n) is 0.483. The molecular weight excluding hydrogens is 156 g/mol. The molecule has 1 rings (SSSR count). The summed E-state index contributed by atoms with van der Waals surface area (Å²) in [5.41, 5.74) is 0.936. The Balaban J connectivity index is 2.74. The number of rotatable bonds is 2. The first-order chi connectivity index (χ1) is 4.36. The van der Waals surface area contributed by atoms with E-state index in [-0.39, 0.29) is 0 Å². The van der Waals surface area contributed by atoms with Crippen LogP contribution in [0.1, 0.15) is 5.69 Å². The summed E-state index contributed by atoms with van der Waals surface area (Å²) in [6, 6.07) is 0. The van der Waals surface area contributed by atoms with Crippen LogP contribution in [0.3, 0.4) is 0 Å². The summed E-state index contributed by atoms with van der Waals surface area (Å²) in [5, 5.41) is 5.80. The average molecular weight is 163 g/mol. The van der Waals surface area contributed by atoms with Gasteiger partial charge in [0, 0.05) is 12.4 Å². The third-order valence-electron chi connectivity index (χ3n) is 0.903. The SMILES string of the molecule is CNc1nc(CCl)cs1. The molecule has 2 nitrogen and oxygen atoms in total. The van der Waals surface area contributed by atoms with Gasteiger partial charge < -0.3 is 5.32 Å². The van der Waals surface area contributed by atoms with E-state index in [4.69, 9.17) is 11.6 Å². The minimum Gasteiger partial charge on any atom is -0.365 e. The van der Waals surface area contributed by atoms with Crippen LogP contribution in [0, 0.1) is 0 Å². The van der Waals surface area contributed by atoms with Gasteiger partial charge in [-0.1, -0.05) is 0 Å². The first-order valence-corrected chi connectivity index (χ1v) is 3.96. The molecule has 1 N–H and O–H groups in total. The maximum absolute atomic E-state index is 5.51. The molecule has 1 aromatic rings. The van der Waals surface area contributed by atoms with E-state index in [0.717, 1.165) is 10.8 Å². The van der Waals surface area contributed by atoms with Crippen molar-refractivity contribution in [3.63, 3.8) is 0 Å². The van der Waals surface area contributed by atoms with Crippen molar-refractivity contribution in [3.8, 4) is 0 Å². The molecule has 0 amide bonds. The quantitative estimate of drug-likeness (QED) is 0.673. The van der Waals surface area contributed by atoms with E-state index in [9.17, 15) is 0 Å². The van der Waals surface area contributed by atoms with E-state index < -0.39 is 0 Å². The molecule has 0 saturated heterocycles. The van der Waals surface area contributed by atoms with Crippen molar-refractivity contribution in [2.24, 2.45) is 0 Å². The van der Waals surface area contributed by atoms with E-state index in [1.54, 1.807) is 11.3 Å². The predicted molar refractivity (Wildman–Crippen MR) is 41.2 cm³/mol. The zero-order valence-electron chi connectivity index (χ0n) is 5.02. The fraction of sp³-hybridized carbons (Fsp3) is 0.400. The lowest BCUT2D eigenvalue weighted by Gasteiger charge is -1.86. The van der Waals surface area contributed by atoms with Crippen molar-refractivity contribution in [1.29, 1.82) is 0 Å². The van der Waals surface area contributed by atoms with Gasteiger partial charge in [0.2, 0.25) is 0 Å². The van der Waals surface area contributed by atoms with Crippen LogP contribution in [0.5, 0.6) is 0 Å². The van der Waals surface area contributed by atoms with Gasteiger partial charge in [-0.3, -0.25) is 0 Å². The summed E-state index contributed by atoms with van der Waals surface area (Å²) in [6.07, 6.45) is 0. The number of nitrogens with zero attached hydrogens (tertiary/aromatic N) is 1. The van der Waals surface area contributed by atoms with Crippen LogP contribution in [0.4, 0.5) is 5.13 Å². The van der Waals surface area contributed by atoms with Crippen molar-refractivity contribution in [2.45, 2.75) is 5.88 Å². The van der Waals surface area contributed by atoms with E-state index in [1.807, 2.05) is 12.4 Å². The second kappa shape index (κ2) is 3.03. The third kappa shape index (κ3) is 1.56. The van der Waals surface area contributed by atoms with Crippen molar-refractivity contribution in [2.75, 3.05) is 12.4 Å². The number of thiazole rings is 1. The monoisotopic (exact) mass is 162 g/mol. The standard InChI is InChI=1S/C5H7ClN2S/c1-7-5-8-4(2-6)3-9-5/h3H,2H2,1H3,(H,7,8). The Morgan fingerprint density at radius 2 is 2.67 bits per heavy atom. The zero-order valence-corrected chi connectivity index (χ0v) is 6.59. The normalized spacial score (nSPS) is 9.56. The summed E-state index contributed by atoms with van der Waals surface area (Å²) in [4.78, 5) is 4.12. The minimum atomic E-state index is 0.498. The van der Waals surface area contributed by atoms with Crippen LogP contribution in [0.15, 0.2) is 5.38 Å². The van der Waals surface area contributed by atoms with Crippen LogP contribution in [0.25, 0.3) is 0 Å². The van der Waals surface area contributed by atoms with E-state index in [2.05, 4.69) is 10.3 Å². The van der Waals surface area contributed by atoms with Gasteiger partial charge in [0.1, 0.15) is 0 Å². The Kier molecular flexibility index (Phi) is 2.30. The van der Waals surface area contributed by atoms with Gasteiger partial charge in [0.05, 0.1) is 11.6 Å². The van der Waals surface area contributed by atoms with Gasteiger partial charge in [-0.15, -0.1) is 22.9 Å². The molecule has 0 saturated carbocycles. The van der Waals surface area contributed by atoms with Crippen molar-refractivity contribution >= 4 is 28.1 Å². The number of hydrogen-bond donors (Lipinski definition) is 1. The Hall–Kier alpha value is -0.280. The van der Waals surface area contributed by atoms with Crippen LogP contribution >= 0.6 is 22.9 Å². The van der Waals surface area contributed by atoms with Crippen molar-refractivity contribution in [3.05, 3.63) is 11.1 Å². The smallest absolute Gasteiger partial charge is 0.182 e. The molecule has 0 spiro atoms. The molecule has 0 aliphatic heterocycles. The minimum absolute atomic E-state index is 0.498. The molecule has 0 aliphatic rings. The highest BCUT2D eigenvalue weighted by Gasteiger charge is 1.95. The fourth-order valence-corrected chi connectivity index (χ4v) is 1.38. The average Bonchev–Trinajstić information content (AvgIpc) is 2.34. The molecule has 0 fully saturated rings. The van der Waals surface area contributed by atoms with Crippen LogP contribution in [0.2, 0.25) is 0 Å². The topological polar surface area (TPSA) is 24.9 Å². The Morgan fingerprint density at radius 1 is 1.89 bits per heavy atom. The van der Waals surface area contributed by atoms with Gasteiger partial charge in [-0.25, -0.2) is 4.98 Å². The summed E-state index contributed by atoms with van der Waals surface area (Å²) < 4.78 is 0. The molecule has 0 atom stereocenters. The Morgan fingerprint density at radius 3 is 3.00 bits per heavy atom. The first kappa shape index (κ1) is 6.83. The van der Waals surface area contributed by atoms with Gasteiger partial charge in [0.25, 0.3) is 0 Å². The molecule has 1 aromatic heterocycles. The predicted octanol–water partition coefficient (Wildman–Crippen LogP) is 1.92. The lowest BCUT2D eigenvalue weighted by Crippen LogP contribution is -1.85. The molecule has 0 unspecified atom stereocenters.